The van der Waals surface area contributed by atoms with E-state index in [1.165, 1.54) is 5.56 Å². The van der Waals surface area contributed by atoms with E-state index in [1.54, 1.807) is 31.3 Å². The Labute approximate surface area is 118 Å². The predicted octanol–water partition coefficient (Wildman–Crippen LogP) is 2.12. The average molecular weight is 273 g/mol. The molecule has 106 valence electrons. The number of benzene rings is 1. The van der Waals surface area contributed by atoms with Crippen LogP contribution in [0.3, 0.4) is 0 Å². The average Bonchev–Trinajstić information content (AvgIpc) is 3.00. The molecule has 0 aliphatic carbocycles. The van der Waals surface area contributed by atoms with Crippen LogP contribution in [0.25, 0.3) is 0 Å². The molecule has 1 aromatic carbocycles. The summed E-state index contributed by atoms with van der Waals surface area (Å²) in [5.74, 6) is 0.784. The van der Waals surface area contributed by atoms with Gasteiger partial charge in [-0.2, -0.15) is 5.10 Å². The third-order valence-corrected chi connectivity index (χ3v) is 3.40. The highest BCUT2D eigenvalue weighted by molar-refractivity contribution is 5.92. The zero-order chi connectivity index (χ0) is 14.5. The molecule has 0 saturated heterocycles. The summed E-state index contributed by atoms with van der Waals surface area (Å²) in [6.45, 7) is 2.03. The first-order chi connectivity index (χ1) is 9.61. The van der Waals surface area contributed by atoms with E-state index >= 15 is 0 Å². The lowest BCUT2D eigenvalue weighted by atomic mass is 10.1. The number of hydrogen-bond acceptors (Lipinski definition) is 3. The van der Waals surface area contributed by atoms with Crippen molar-refractivity contribution in [1.29, 1.82) is 0 Å². The molecular weight excluding hydrogens is 254 g/mol. The number of nitrogens with one attached hydrogen (secondary N) is 1. The zero-order valence-corrected chi connectivity index (χ0v) is 12.0. The number of carbonyl (C=O) groups excluding carboxylic acids is 1. The van der Waals surface area contributed by atoms with Crippen molar-refractivity contribution in [2.75, 3.05) is 14.2 Å². The first kappa shape index (κ1) is 14.1. The molecule has 0 unspecified atom stereocenters. The maximum absolute atomic E-state index is 12.2. The van der Waals surface area contributed by atoms with Gasteiger partial charge in [0.2, 0.25) is 0 Å². The van der Waals surface area contributed by atoms with E-state index in [1.807, 2.05) is 31.2 Å². The molecule has 5 heteroatoms. The molecule has 1 heterocycles. The van der Waals surface area contributed by atoms with Crippen LogP contribution in [-0.2, 0) is 6.42 Å². The van der Waals surface area contributed by atoms with Crippen LogP contribution >= 0.6 is 0 Å². The summed E-state index contributed by atoms with van der Waals surface area (Å²) in [5.41, 5.74) is 1.68. The van der Waals surface area contributed by atoms with Crippen molar-refractivity contribution in [2.24, 2.45) is 0 Å². The van der Waals surface area contributed by atoms with E-state index in [9.17, 15) is 4.79 Å². The monoisotopic (exact) mass is 273 g/mol. The van der Waals surface area contributed by atoms with Gasteiger partial charge in [-0.1, -0.05) is 12.1 Å². The summed E-state index contributed by atoms with van der Waals surface area (Å²) in [4.78, 5) is 13.9. The molecule has 1 atom stereocenters. The lowest BCUT2D eigenvalue weighted by molar-refractivity contribution is 0.0737. The fraction of sp³-hybridized carbons (Fsp3) is 0.333. The number of likely N-dealkylation sites (N-methyl/N-ethyl adjacent to an activating group) is 1. The predicted molar refractivity (Wildman–Crippen MR) is 76.8 cm³/mol. The number of H-pyrrole nitrogens is 1. The number of amides is 1. The molecule has 0 spiro atoms. The van der Waals surface area contributed by atoms with Crippen molar-refractivity contribution < 1.29 is 9.53 Å². The van der Waals surface area contributed by atoms with Gasteiger partial charge in [-0.05, 0) is 37.1 Å². The van der Waals surface area contributed by atoms with Gasteiger partial charge >= 0.3 is 0 Å². The van der Waals surface area contributed by atoms with Gasteiger partial charge in [0.25, 0.3) is 5.91 Å². The lowest BCUT2D eigenvalue weighted by Gasteiger charge is -2.24. The van der Waals surface area contributed by atoms with Crippen molar-refractivity contribution in [3.63, 3.8) is 0 Å². The Hall–Kier alpha value is -2.30. The number of carbonyl (C=O) groups is 1. The number of aromatic amines is 1. The Bertz CT molecular complexity index is 549. The number of rotatable bonds is 5. The van der Waals surface area contributed by atoms with Crippen molar-refractivity contribution in [3.8, 4) is 5.75 Å². The molecule has 0 saturated carbocycles. The molecule has 1 aromatic heterocycles. The molecule has 0 radical (unpaired) electrons. The number of ether oxygens (including phenoxy) is 1. The summed E-state index contributed by atoms with van der Waals surface area (Å²) in [6, 6.07) is 9.67. The Balaban J connectivity index is 1.99. The summed E-state index contributed by atoms with van der Waals surface area (Å²) < 4.78 is 5.13. The standard InChI is InChI=1S/C15H19N3O2/c1-11(10-12-4-6-13(20-3)7-5-12)18(2)15(19)14-8-9-16-17-14/h4-9,11H,10H2,1-3H3,(H,16,17)/t11-/m1/s1. The Kier molecular flexibility index (Phi) is 4.40. The summed E-state index contributed by atoms with van der Waals surface area (Å²) in [5, 5.41) is 6.50. The van der Waals surface area contributed by atoms with Crippen LogP contribution in [-0.4, -0.2) is 41.2 Å². The van der Waals surface area contributed by atoms with Crippen LogP contribution in [0.4, 0.5) is 0 Å². The number of aromatic nitrogens is 2. The van der Waals surface area contributed by atoms with Gasteiger partial charge in [-0.15, -0.1) is 0 Å². The summed E-state index contributed by atoms with van der Waals surface area (Å²) in [6.07, 6.45) is 2.37. The SMILES string of the molecule is COc1ccc(C[C@@H](C)N(C)C(=O)c2ccn[nH]2)cc1. The molecule has 20 heavy (non-hydrogen) atoms. The summed E-state index contributed by atoms with van der Waals surface area (Å²) in [7, 11) is 3.45. The molecule has 0 fully saturated rings. The van der Waals surface area contributed by atoms with Crippen LogP contribution in [0, 0.1) is 0 Å². The Morgan fingerprint density at radius 1 is 1.35 bits per heavy atom. The number of hydrogen-bond donors (Lipinski definition) is 1. The normalized spacial score (nSPS) is 11.9. The van der Waals surface area contributed by atoms with Crippen LogP contribution < -0.4 is 4.74 Å². The molecule has 1 N–H and O–H groups in total. The minimum Gasteiger partial charge on any atom is -0.497 e. The van der Waals surface area contributed by atoms with Crippen LogP contribution in [0.15, 0.2) is 36.5 Å². The fourth-order valence-corrected chi connectivity index (χ4v) is 2.00. The topological polar surface area (TPSA) is 58.2 Å². The molecule has 0 bridgehead atoms. The van der Waals surface area contributed by atoms with Crippen LogP contribution in [0.2, 0.25) is 0 Å². The molecule has 5 nitrogen and oxygen atoms in total. The van der Waals surface area contributed by atoms with Gasteiger partial charge < -0.3 is 9.64 Å². The Morgan fingerprint density at radius 2 is 2.05 bits per heavy atom. The van der Waals surface area contributed by atoms with Crippen molar-refractivity contribution >= 4 is 5.91 Å². The van der Waals surface area contributed by atoms with Crippen LogP contribution in [0.1, 0.15) is 23.0 Å². The highest BCUT2D eigenvalue weighted by Gasteiger charge is 2.18. The highest BCUT2D eigenvalue weighted by Crippen LogP contribution is 2.14. The number of nitrogens with zero attached hydrogens (tertiary/aromatic N) is 2. The quantitative estimate of drug-likeness (QED) is 0.907. The van der Waals surface area contributed by atoms with Gasteiger partial charge in [0, 0.05) is 19.3 Å². The van der Waals surface area contributed by atoms with E-state index < -0.39 is 0 Å². The van der Waals surface area contributed by atoms with Crippen molar-refractivity contribution in [2.45, 2.75) is 19.4 Å². The van der Waals surface area contributed by atoms with E-state index in [4.69, 9.17) is 4.74 Å². The van der Waals surface area contributed by atoms with Crippen LogP contribution in [0.5, 0.6) is 5.75 Å². The second kappa shape index (κ2) is 6.23. The van der Waals surface area contributed by atoms with Crippen molar-refractivity contribution in [1.82, 2.24) is 15.1 Å². The lowest BCUT2D eigenvalue weighted by Crippen LogP contribution is -2.36. The molecular formula is C15H19N3O2. The van der Waals surface area contributed by atoms with Gasteiger partial charge in [0.05, 0.1) is 7.11 Å². The van der Waals surface area contributed by atoms with E-state index in [0.717, 1.165) is 12.2 Å². The second-order valence-electron chi connectivity index (χ2n) is 4.79. The second-order valence-corrected chi connectivity index (χ2v) is 4.79. The number of methoxy groups -OCH3 is 1. The minimum atomic E-state index is -0.0523. The largest absolute Gasteiger partial charge is 0.497 e. The molecule has 0 aliphatic heterocycles. The van der Waals surface area contributed by atoms with E-state index in [-0.39, 0.29) is 11.9 Å². The Morgan fingerprint density at radius 3 is 2.60 bits per heavy atom. The summed E-state index contributed by atoms with van der Waals surface area (Å²) >= 11 is 0. The minimum absolute atomic E-state index is 0.0523. The van der Waals surface area contributed by atoms with Gasteiger partial charge in [-0.25, -0.2) is 0 Å². The van der Waals surface area contributed by atoms with E-state index in [0.29, 0.717) is 5.69 Å². The van der Waals surface area contributed by atoms with Crippen molar-refractivity contribution in [3.05, 3.63) is 47.8 Å². The molecule has 0 aliphatic rings. The molecule has 2 rings (SSSR count). The third kappa shape index (κ3) is 3.17. The fourth-order valence-electron chi connectivity index (χ4n) is 2.00. The first-order valence-corrected chi connectivity index (χ1v) is 6.51. The zero-order valence-electron chi connectivity index (χ0n) is 12.0. The van der Waals surface area contributed by atoms with Gasteiger partial charge in [0.1, 0.15) is 11.4 Å². The smallest absolute Gasteiger partial charge is 0.271 e. The first-order valence-electron chi connectivity index (χ1n) is 6.51. The molecule has 1 amide bonds. The maximum Gasteiger partial charge on any atom is 0.271 e. The molecule has 2 aromatic rings. The van der Waals surface area contributed by atoms with Gasteiger partial charge in [-0.3, -0.25) is 9.89 Å². The van der Waals surface area contributed by atoms with E-state index in [2.05, 4.69) is 10.2 Å². The maximum atomic E-state index is 12.2. The third-order valence-electron chi connectivity index (χ3n) is 3.40. The van der Waals surface area contributed by atoms with Gasteiger partial charge in [0.15, 0.2) is 0 Å². The highest BCUT2D eigenvalue weighted by atomic mass is 16.5.